The van der Waals surface area contributed by atoms with Gasteiger partial charge in [0.05, 0.1) is 23.4 Å². The average molecular weight is 392 g/mol. The Morgan fingerprint density at radius 3 is 2.89 bits per heavy atom. The van der Waals surface area contributed by atoms with Gasteiger partial charge < -0.3 is 19.9 Å². The Morgan fingerprint density at radius 1 is 1.18 bits per heavy atom. The molecule has 6 nitrogen and oxygen atoms in total. The maximum absolute atomic E-state index is 12.7. The Balaban J connectivity index is 1.38. The van der Waals surface area contributed by atoms with E-state index >= 15 is 0 Å². The molecule has 2 aromatic heterocycles. The van der Waals surface area contributed by atoms with Gasteiger partial charge in [-0.25, -0.2) is 4.98 Å². The molecule has 1 fully saturated rings. The summed E-state index contributed by atoms with van der Waals surface area (Å²) < 4.78 is 6.47. The summed E-state index contributed by atoms with van der Waals surface area (Å²) in [7, 11) is 0. The minimum Gasteiger partial charge on any atom is -0.378 e. The second-order valence-electron chi connectivity index (χ2n) is 7.01. The van der Waals surface area contributed by atoms with Gasteiger partial charge in [0.1, 0.15) is 5.69 Å². The zero-order chi connectivity index (χ0) is 19.1. The molecule has 1 aliphatic heterocycles. The number of rotatable bonds is 3. The van der Waals surface area contributed by atoms with Gasteiger partial charge >= 0.3 is 0 Å². The van der Waals surface area contributed by atoms with Crippen LogP contribution < -0.4 is 10.2 Å². The van der Waals surface area contributed by atoms with Crippen LogP contribution in [0.1, 0.15) is 16.1 Å². The van der Waals surface area contributed by atoms with Crippen LogP contribution in [0.5, 0.6) is 0 Å². The molecule has 0 unspecified atom stereocenters. The van der Waals surface area contributed by atoms with E-state index in [2.05, 4.69) is 15.2 Å². The fourth-order valence-electron chi connectivity index (χ4n) is 3.44. The van der Waals surface area contributed by atoms with E-state index < -0.39 is 0 Å². The van der Waals surface area contributed by atoms with E-state index in [0.29, 0.717) is 5.69 Å². The van der Waals surface area contributed by atoms with Crippen molar-refractivity contribution in [1.29, 1.82) is 0 Å². The second-order valence-corrected chi connectivity index (χ2v) is 8.02. The number of hydrogen-bond donors (Lipinski definition) is 2. The van der Waals surface area contributed by atoms with Gasteiger partial charge in [0, 0.05) is 29.7 Å². The number of amides is 1. The van der Waals surface area contributed by atoms with Gasteiger partial charge in [-0.1, -0.05) is 23.5 Å². The topological polar surface area (TPSA) is 70.2 Å². The van der Waals surface area contributed by atoms with Crippen LogP contribution in [0.4, 0.5) is 10.8 Å². The van der Waals surface area contributed by atoms with E-state index in [1.807, 2.05) is 49.4 Å². The van der Waals surface area contributed by atoms with E-state index in [1.165, 1.54) is 0 Å². The number of thiazole rings is 1. The molecule has 2 N–H and O–H groups in total. The Bertz CT molecular complexity index is 1170. The standard InChI is InChI=1S/C21H20N4O2S/c1-13-2-3-14-11-18(23-17(14)10-13)20(26)22-15-4-5-16-19(12-15)28-21(24-16)25-6-8-27-9-7-25/h2-5,10-12,23H,6-9H2,1H3,(H,22,26). The lowest BCUT2D eigenvalue weighted by Crippen LogP contribution is -2.36. The van der Waals surface area contributed by atoms with E-state index in [-0.39, 0.29) is 5.91 Å². The van der Waals surface area contributed by atoms with Crippen LogP contribution in [0.2, 0.25) is 0 Å². The van der Waals surface area contributed by atoms with Gasteiger partial charge in [0.15, 0.2) is 5.13 Å². The largest absolute Gasteiger partial charge is 0.378 e. The minimum atomic E-state index is -0.147. The summed E-state index contributed by atoms with van der Waals surface area (Å²) in [5.74, 6) is -0.147. The summed E-state index contributed by atoms with van der Waals surface area (Å²) in [5.41, 5.74) is 4.40. The molecule has 0 atom stereocenters. The van der Waals surface area contributed by atoms with E-state index in [0.717, 1.165) is 63.8 Å². The van der Waals surface area contributed by atoms with Crippen LogP contribution in [-0.2, 0) is 4.74 Å². The number of carbonyl (C=O) groups excluding carboxylic acids is 1. The van der Waals surface area contributed by atoms with Crippen LogP contribution in [0.25, 0.3) is 21.1 Å². The smallest absolute Gasteiger partial charge is 0.272 e. The molecule has 0 radical (unpaired) electrons. The molecule has 7 heteroatoms. The van der Waals surface area contributed by atoms with Crippen molar-refractivity contribution in [2.24, 2.45) is 0 Å². The van der Waals surface area contributed by atoms with Crippen molar-refractivity contribution in [3.63, 3.8) is 0 Å². The molecule has 2 aromatic carbocycles. The fraction of sp³-hybridized carbons (Fsp3) is 0.238. The summed E-state index contributed by atoms with van der Waals surface area (Å²) in [6, 6.07) is 13.8. The molecule has 1 aliphatic rings. The number of anilines is 2. The van der Waals surface area contributed by atoms with Crippen molar-refractivity contribution in [1.82, 2.24) is 9.97 Å². The zero-order valence-electron chi connectivity index (χ0n) is 15.5. The molecule has 0 spiro atoms. The number of nitrogens with zero attached hydrogens (tertiary/aromatic N) is 2. The monoisotopic (exact) mass is 392 g/mol. The molecule has 3 heterocycles. The number of aromatic nitrogens is 2. The Hall–Kier alpha value is -2.90. The maximum Gasteiger partial charge on any atom is 0.272 e. The third-order valence-corrected chi connectivity index (χ3v) is 6.02. The molecule has 4 aromatic rings. The molecular formula is C21H20N4O2S. The van der Waals surface area contributed by atoms with Gasteiger partial charge in [0.2, 0.25) is 0 Å². The summed E-state index contributed by atoms with van der Waals surface area (Å²) >= 11 is 1.65. The van der Waals surface area contributed by atoms with Gasteiger partial charge in [-0.2, -0.15) is 0 Å². The first-order chi connectivity index (χ1) is 13.7. The van der Waals surface area contributed by atoms with Crippen molar-refractivity contribution < 1.29 is 9.53 Å². The quantitative estimate of drug-likeness (QED) is 0.549. The average Bonchev–Trinajstić information content (AvgIpc) is 3.32. The lowest BCUT2D eigenvalue weighted by atomic mass is 10.2. The number of benzene rings is 2. The van der Waals surface area contributed by atoms with Gasteiger partial charge in [-0.3, -0.25) is 4.79 Å². The van der Waals surface area contributed by atoms with Crippen LogP contribution in [0.15, 0.2) is 42.5 Å². The molecule has 28 heavy (non-hydrogen) atoms. The lowest BCUT2D eigenvalue weighted by Gasteiger charge is -2.25. The molecule has 142 valence electrons. The minimum absolute atomic E-state index is 0.147. The number of H-pyrrole nitrogens is 1. The maximum atomic E-state index is 12.7. The highest BCUT2D eigenvalue weighted by molar-refractivity contribution is 7.22. The zero-order valence-corrected chi connectivity index (χ0v) is 16.3. The molecule has 5 rings (SSSR count). The first kappa shape index (κ1) is 17.2. The molecule has 0 aliphatic carbocycles. The Labute approximate surface area is 166 Å². The van der Waals surface area contributed by atoms with E-state index in [4.69, 9.17) is 9.72 Å². The number of fused-ring (bicyclic) bond motifs is 2. The highest BCUT2D eigenvalue weighted by atomic mass is 32.1. The predicted molar refractivity (Wildman–Crippen MR) is 114 cm³/mol. The Morgan fingerprint density at radius 2 is 2.04 bits per heavy atom. The first-order valence-corrected chi connectivity index (χ1v) is 10.1. The van der Waals surface area contributed by atoms with Crippen molar-refractivity contribution in [3.8, 4) is 0 Å². The van der Waals surface area contributed by atoms with Crippen LogP contribution in [0, 0.1) is 6.92 Å². The van der Waals surface area contributed by atoms with Gasteiger partial charge in [-0.15, -0.1) is 0 Å². The van der Waals surface area contributed by atoms with E-state index in [1.54, 1.807) is 11.3 Å². The third-order valence-electron chi connectivity index (χ3n) is 4.94. The summed E-state index contributed by atoms with van der Waals surface area (Å²) in [6.45, 7) is 5.24. The van der Waals surface area contributed by atoms with Crippen LogP contribution in [0.3, 0.4) is 0 Å². The third kappa shape index (κ3) is 3.23. The summed E-state index contributed by atoms with van der Waals surface area (Å²) in [6.07, 6.45) is 0. The van der Waals surface area contributed by atoms with Crippen molar-refractivity contribution >= 4 is 49.2 Å². The molecular weight excluding hydrogens is 372 g/mol. The molecule has 0 saturated carbocycles. The number of nitrogens with one attached hydrogen (secondary N) is 2. The molecule has 1 amide bonds. The number of aryl methyl sites for hydroxylation is 1. The van der Waals surface area contributed by atoms with Gasteiger partial charge in [-0.05, 0) is 42.8 Å². The van der Waals surface area contributed by atoms with Crippen LogP contribution in [-0.4, -0.2) is 42.2 Å². The number of hydrogen-bond acceptors (Lipinski definition) is 5. The van der Waals surface area contributed by atoms with Crippen molar-refractivity contribution in [2.45, 2.75) is 6.92 Å². The summed E-state index contributed by atoms with van der Waals surface area (Å²) in [4.78, 5) is 22.9. The Kier molecular flexibility index (Phi) is 4.26. The fourth-order valence-corrected chi connectivity index (χ4v) is 4.50. The second kappa shape index (κ2) is 6.92. The predicted octanol–water partition coefficient (Wildman–Crippen LogP) is 4.17. The number of carbonyl (C=O) groups is 1. The van der Waals surface area contributed by atoms with Crippen molar-refractivity contribution in [3.05, 3.63) is 53.7 Å². The number of ether oxygens (including phenoxy) is 1. The first-order valence-electron chi connectivity index (χ1n) is 9.30. The van der Waals surface area contributed by atoms with Gasteiger partial charge in [0.25, 0.3) is 5.91 Å². The molecule has 0 bridgehead atoms. The summed E-state index contributed by atoms with van der Waals surface area (Å²) in [5, 5.41) is 5.03. The molecule has 1 saturated heterocycles. The van der Waals surface area contributed by atoms with Crippen LogP contribution >= 0.6 is 11.3 Å². The SMILES string of the molecule is Cc1ccc2cc(C(=O)Nc3ccc4nc(N5CCOCC5)sc4c3)[nH]c2c1. The highest BCUT2D eigenvalue weighted by Crippen LogP contribution is 2.31. The lowest BCUT2D eigenvalue weighted by molar-refractivity contribution is 0.102. The number of morpholine rings is 1. The van der Waals surface area contributed by atoms with Crippen molar-refractivity contribution in [2.75, 3.05) is 36.5 Å². The number of aromatic amines is 1. The van der Waals surface area contributed by atoms with E-state index in [9.17, 15) is 4.79 Å². The highest BCUT2D eigenvalue weighted by Gasteiger charge is 2.16. The normalized spacial score (nSPS) is 14.7.